The van der Waals surface area contributed by atoms with Gasteiger partial charge < -0.3 is 14.6 Å². The van der Waals surface area contributed by atoms with E-state index in [0.717, 1.165) is 31.3 Å². The molecule has 0 heterocycles. The Hall–Kier alpha value is -1.50. The van der Waals surface area contributed by atoms with E-state index in [4.69, 9.17) is 21.1 Å². The third-order valence-electron chi connectivity index (χ3n) is 9.78. The molecule has 0 saturated heterocycles. The molecule has 0 spiro atoms. The summed E-state index contributed by atoms with van der Waals surface area (Å²) in [7, 11) is 0. The van der Waals surface area contributed by atoms with Crippen LogP contribution in [0.2, 0.25) is 0 Å². The fourth-order valence-electron chi connectivity index (χ4n) is 8.13. The lowest BCUT2D eigenvalue weighted by molar-refractivity contribution is -0.198. The maximum Gasteiger partial charge on any atom is 0.305 e. The second-order valence-corrected chi connectivity index (χ2v) is 12.0. The summed E-state index contributed by atoms with van der Waals surface area (Å²) in [5.41, 5.74) is -1.52. The number of carbonyl (C=O) groups is 3. The van der Waals surface area contributed by atoms with Crippen molar-refractivity contribution in [3.05, 3.63) is 23.8 Å². The quantitative estimate of drug-likeness (QED) is 0.402. The van der Waals surface area contributed by atoms with Gasteiger partial charge in [0.15, 0.2) is 12.4 Å². The van der Waals surface area contributed by atoms with Gasteiger partial charge in [-0.2, -0.15) is 0 Å². The van der Waals surface area contributed by atoms with Gasteiger partial charge in [-0.3, -0.25) is 14.4 Å². The van der Waals surface area contributed by atoms with Gasteiger partial charge in [-0.15, -0.1) is 11.6 Å². The Labute approximate surface area is 213 Å². The smallest absolute Gasteiger partial charge is 0.305 e. The van der Waals surface area contributed by atoms with E-state index in [1.165, 1.54) is 0 Å². The fourth-order valence-corrected chi connectivity index (χ4v) is 8.65. The zero-order chi connectivity index (χ0) is 25.8. The molecule has 3 fully saturated rings. The molecule has 8 atom stereocenters. The molecular weight excluding hydrogens is 468 g/mol. The van der Waals surface area contributed by atoms with Crippen molar-refractivity contribution in [3.8, 4) is 0 Å². The molecule has 0 unspecified atom stereocenters. The van der Waals surface area contributed by atoms with Crippen LogP contribution in [0.25, 0.3) is 0 Å². The average molecular weight is 507 g/mol. The van der Waals surface area contributed by atoms with Gasteiger partial charge in [-0.05, 0) is 62.0 Å². The Morgan fingerprint density at radius 2 is 1.94 bits per heavy atom. The van der Waals surface area contributed by atoms with E-state index in [2.05, 4.69) is 6.92 Å². The highest BCUT2D eigenvalue weighted by molar-refractivity contribution is 6.26. The summed E-state index contributed by atoms with van der Waals surface area (Å²) in [4.78, 5) is 36.8. The second kappa shape index (κ2) is 9.11. The maximum atomic E-state index is 13.9. The minimum atomic E-state index is -1.17. The molecule has 4 rings (SSSR count). The van der Waals surface area contributed by atoms with Crippen molar-refractivity contribution in [1.29, 1.82) is 0 Å². The van der Waals surface area contributed by atoms with Gasteiger partial charge >= 0.3 is 5.97 Å². The lowest BCUT2D eigenvalue weighted by Gasteiger charge is -2.64. The van der Waals surface area contributed by atoms with Crippen molar-refractivity contribution in [2.75, 3.05) is 13.2 Å². The van der Waals surface area contributed by atoms with Crippen LogP contribution in [0.15, 0.2) is 23.8 Å². The van der Waals surface area contributed by atoms with Gasteiger partial charge in [-0.25, -0.2) is 0 Å². The molecule has 6 nitrogen and oxygen atoms in total. The Balaban J connectivity index is 1.77. The topological polar surface area (TPSA) is 89.9 Å². The molecule has 35 heavy (non-hydrogen) atoms. The Kier molecular flexibility index (Phi) is 6.91. The first-order valence-electron chi connectivity index (χ1n) is 13.1. The molecule has 3 saturated carbocycles. The van der Waals surface area contributed by atoms with Gasteiger partial charge in [0.2, 0.25) is 5.78 Å². The third-order valence-corrected chi connectivity index (χ3v) is 10.7. The van der Waals surface area contributed by atoms with Crippen molar-refractivity contribution in [3.63, 3.8) is 0 Å². The zero-order valence-electron chi connectivity index (χ0n) is 21.6. The predicted octanol–water partition coefficient (Wildman–Crippen LogP) is 4.56. The van der Waals surface area contributed by atoms with Crippen LogP contribution in [-0.4, -0.2) is 52.4 Å². The maximum absolute atomic E-state index is 13.9. The number of allylic oxidation sites excluding steroid dienone is 4. The van der Waals surface area contributed by atoms with Gasteiger partial charge in [0.05, 0.1) is 11.0 Å². The second-order valence-electron chi connectivity index (χ2n) is 11.4. The summed E-state index contributed by atoms with van der Waals surface area (Å²) in [6.45, 7) is 9.90. The molecule has 194 valence electrons. The fraction of sp³-hybridized carbons (Fsp3) is 0.750. The van der Waals surface area contributed by atoms with Crippen LogP contribution in [0.4, 0.5) is 0 Å². The molecule has 0 radical (unpaired) electrons. The summed E-state index contributed by atoms with van der Waals surface area (Å²) in [6, 6.07) is 0. The summed E-state index contributed by atoms with van der Waals surface area (Å²) in [5.74, 6) is -0.858. The number of aliphatic hydroxyl groups is 1. The lowest BCUT2D eigenvalue weighted by atomic mass is 9.45. The van der Waals surface area contributed by atoms with Crippen LogP contribution in [0.1, 0.15) is 73.1 Å². The highest BCUT2D eigenvalue weighted by Gasteiger charge is 2.75. The molecule has 4 aliphatic carbocycles. The van der Waals surface area contributed by atoms with E-state index in [0.29, 0.717) is 13.0 Å². The first-order valence-corrected chi connectivity index (χ1v) is 13.4. The number of esters is 1. The number of hydrogen-bond acceptors (Lipinski definition) is 6. The van der Waals surface area contributed by atoms with Crippen LogP contribution in [0.5, 0.6) is 0 Å². The van der Waals surface area contributed by atoms with Crippen LogP contribution >= 0.6 is 11.6 Å². The number of carbonyl (C=O) groups excluding carboxylic acids is 3. The molecule has 7 heteroatoms. The highest BCUT2D eigenvalue weighted by Crippen LogP contribution is 2.72. The van der Waals surface area contributed by atoms with E-state index >= 15 is 0 Å². The van der Waals surface area contributed by atoms with Crippen molar-refractivity contribution in [2.24, 2.45) is 28.6 Å². The number of Topliss-reactive ketones (excluding diaryl/α,β-unsaturated/α-hetero) is 1. The normalized spacial score (nSPS) is 44.2. The third kappa shape index (κ3) is 3.53. The Morgan fingerprint density at radius 1 is 1.23 bits per heavy atom. The minimum Gasteiger partial charge on any atom is -0.458 e. The van der Waals surface area contributed by atoms with E-state index in [-0.39, 0.29) is 42.3 Å². The number of rotatable bonds is 7. The Morgan fingerprint density at radius 3 is 2.60 bits per heavy atom. The molecule has 0 aromatic carbocycles. The largest absolute Gasteiger partial charge is 0.458 e. The van der Waals surface area contributed by atoms with Gasteiger partial charge in [0.25, 0.3) is 0 Å². The van der Waals surface area contributed by atoms with Gasteiger partial charge in [0, 0.05) is 23.9 Å². The van der Waals surface area contributed by atoms with Gasteiger partial charge in [-0.1, -0.05) is 46.3 Å². The molecule has 0 aromatic heterocycles. The van der Waals surface area contributed by atoms with Crippen molar-refractivity contribution in [2.45, 2.75) is 89.7 Å². The predicted molar refractivity (Wildman–Crippen MR) is 133 cm³/mol. The Bertz CT molecular complexity index is 972. The summed E-state index contributed by atoms with van der Waals surface area (Å²) < 4.78 is 11.8. The number of aliphatic hydroxyl groups excluding tert-OH is 1. The molecule has 0 amide bonds. The molecule has 1 N–H and O–H groups in total. The van der Waals surface area contributed by atoms with E-state index < -0.39 is 33.4 Å². The van der Waals surface area contributed by atoms with Gasteiger partial charge in [0.1, 0.15) is 5.60 Å². The van der Waals surface area contributed by atoms with Crippen LogP contribution in [0.3, 0.4) is 0 Å². The number of alkyl halides is 1. The van der Waals surface area contributed by atoms with Crippen LogP contribution in [-0.2, 0) is 23.9 Å². The molecule has 0 aliphatic heterocycles. The van der Waals surface area contributed by atoms with E-state index in [9.17, 15) is 19.5 Å². The van der Waals surface area contributed by atoms with E-state index in [1.807, 2.05) is 26.8 Å². The lowest BCUT2D eigenvalue weighted by Crippen LogP contribution is -2.69. The number of hydrogen-bond donors (Lipinski definition) is 1. The molecular formula is C28H39ClO6. The number of ether oxygens (including phenoxy) is 2. The van der Waals surface area contributed by atoms with Crippen LogP contribution in [0, 0.1) is 28.6 Å². The summed E-state index contributed by atoms with van der Waals surface area (Å²) >= 11 is 7.52. The summed E-state index contributed by atoms with van der Waals surface area (Å²) in [5, 5.41) is 11.8. The zero-order valence-corrected chi connectivity index (χ0v) is 22.3. The number of fused-ring (bicyclic) bond motifs is 5. The molecule has 4 aliphatic rings. The van der Waals surface area contributed by atoms with Crippen molar-refractivity contribution in [1.82, 2.24) is 0 Å². The summed E-state index contributed by atoms with van der Waals surface area (Å²) in [6.07, 6.45) is 7.64. The first kappa shape index (κ1) is 26.6. The minimum absolute atomic E-state index is 0.0329. The average Bonchev–Trinajstić information content (AvgIpc) is 3.04. The standard InChI is InChI=1S/C28H39ClO6/c1-6-12-35-28(23(32)16-34-24(33)7-2)17(3)13-21-20-9-8-18-14-19(30)10-11-25(18,4)27(20,29)22(31)15-26(21,28)5/h10-11,14,17,20-22,31H,6-9,12-13,15-16H2,1-5H3/t17-,20-,21-,22-,25-,26-,27-,28-/m0/s1. The molecule has 0 bridgehead atoms. The highest BCUT2D eigenvalue weighted by atomic mass is 35.5. The number of ketones is 2. The van der Waals surface area contributed by atoms with Crippen molar-refractivity contribution >= 4 is 29.1 Å². The van der Waals surface area contributed by atoms with E-state index in [1.54, 1.807) is 19.1 Å². The number of halogens is 1. The monoisotopic (exact) mass is 506 g/mol. The molecule has 0 aromatic rings. The van der Waals surface area contributed by atoms with Crippen LogP contribution < -0.4 is 0 Å². The first-order chi connectivity index (χ1) is 16.4. The SMILES string of the molecule is CCCO[C@]1(C(=O)COC(=O)CC)[C@@H](C)C[C@H]2[C@@H]3CCC4=CC(=O)C=C[C@]4(C)[C@@]3(Cl)[C@@H](O)C[C@@]21C. The van der Waals surface area contributed by atoms with Crippen molar-refractivity contribution < 1.29 is 29.0 Å².